The predicted octanol–water partition coefficient (Wildman–Crippen LogP) is 0.499. The van der Waals surface area contributed by atoms with Crippen LogP contribution in [0.3, 0.4) is 0 Å². The molecule has 0 aromatic heterocycles. The van der Waals surface area contributed by atoms with Crippen molar-refractivity contribution in [2.75, 3.05) is 32.4 Å². The summed E-state index contributed by atoms with van der Waals surface area (Å²) in [4.78, 5) is 16.6. The smallest absolute Gasteiger partial charge is 0.410 e. The van der Waals surface area contributed by atoms with Gasteiger partial charge in [-0.1, -0.05) is 6.92 Å². The third-order valence-corrected chi connectivity index (χ3v) is 5.17. The second-order valence-corrected chi connectivity index (χ2v) is 9.40. The summed E-state index contributed by atoms with van der Waals surface area (Å²) in [6, 6.07) is -0.0388. The van der Waals surface area contributed by atoms with Crippen LogP contribution in [0.4, 0.5) is 4.79 Å². The molecule has 3 atom stereocenters. The molecule has 1 unspecified atom stereocenters. The monoisotopic (exact) mass is 376 g/mol. The molecule has 0 aromatic carbocycles. The first-order valence-corrected chi connectivity index (χ1v) is 10.4. The van der Waals surface area contributed by atoms with E-state index in [4.69, 9.17) is 8.92 Å². The van der Waals surface area contributed by atoms with Crippen molar-refractivity contribution >= 4 is 24.6 Å². The summed E-state index contributed by atoms with van der Waals surface area (Å²) in [5, 5.41) is 0. The molecule has 0 aliphatic carbocycles. The minimum Gasteiger partial charge on any atom is -0.444 e. The third kappa shape index (κ3) is 6.45. The van der Waals surface area contributed by atoms with E-state index >= 15 is 0 Å². The van der Waals surface area contributed by atoms with E-state index in [0.717, 1.165) is 32.3 Å². The number of hydrogen-bond donors (Lipinski definition) is 0. The summed E-state index contributed by atoms with van der Waals surface area (Å²) in [6.45, 7) is 10.8. The third-order valence-electron chi connectivity index (χ3n) is 4.54. The number of ether oxygens (including phenoxy) is 1. The van der Waals surface area contributed by atoms with Crippen LogP contribution >= 0.6 is 0 Å². The molecule has 2 aliphatic heterocycles. The zero-order valence-corrected chi connectivity index (χ0v) is 16.1. The maximum absolute atomic E-state index is 12.6. The van der Waals surface area contributed by atoms with Gasteiger partial charge in [-0.3, -0.25) is 4.18 Å². The van der Waals surface area contributed by atoms with E-state index in [0.29, 0.717) is 12.3 Å². The molecular weight excluding hydrogens is 343 g/mol. The average molecular weight is 376 g/mol. The number of carbonyl (C=O) groups excluding carboxylic acids is 1. The Morgan fingerprint density at radius 2 is 1.88 bits per heavy atom. The lowest BCUT2D eigenvalue weighted by molar-refractivity contribution is 0.0169. The fraction of sp³-hybridized carbons (Fsp3) is 0.938. The number of carbonyl (C=O) groups is 1. The number of nitrogens with zero attached hydrogens (tertiary/aromatic N) is 2. The maximum Gasteiger partial charge on any atom is 0.410 e. The number of hydrogen-bond acceptors (Lipinski definition) is 6. The molecule has 25 heavy (non-hydrogen) atoms. The molecule has 7 nitrogen and oxygen atoms in total. The van der Waals surface area contributed by atoms with Crippen LogP contribution < -0.4 is 0 Å². The van der Waals surface area contributed by atoms with Gasteiger partial charge in [0.25, 0.3) is 10.1 Å². The lowest BCUT2D eigenvalue weighted by atomic mass is 9.96. The molecule has 0 saturated carbocycles. The van der Waals surface area contributed by atoms with Crippen LogP contribution in [0.5, 0.6) is 0 Å². The van der Waals surface area contributed by atoms with Crippen LogP contribution in [0.1, 0.15) is 40.5 Å². The Morgan fingerprint density at radius 1 is 1.24 bits per heavy atom. The fourth-order valence-corrected chi connectivity index (χ4v) is 4.22. The first kappa shape index (κ1) is 22.2. The van der Waals surface area contributed by atoms with Gasteiger partial charge in [0.2, 0.25) is 0 Å². The largest absolute Gasteiger partial charge is 0.444 e. The Bertz CT molecular complexity index is 563. The maximum atomic E-state index is 12.6. The SMILES string of the molecule is B.CCN1CCC([C@@H]2C[C@@H](OS(C)(=O)=O)CN2C(=O)OC(C)(C)C)C1. The van der Waals surface area contributed by atoms with Crippen molar-refractivity contribution in [2.24, 2.45) is 5.92 Å². The molecular formula is C16H33BN2O5S. The van der Waals surface area contributed by atoms with Gasteiger partial charge in [-0.15, -0.1) is 0 Å². The first-order chi connectivity index (χ1) is 11.0. The van der Waals surface area contributed by atoms with Gasteiger partial charge in [0.1, 0.15) is 5.60 Å². The molecule has 9 heteroatoms. The van der Waals surface area contributed by atoms with E-state index in [1.165, 1.54) is 0 Å². The Hall–Kier alpha value is -0.795. The summed E-state index contributed by atoms with van der Waals surface area (Å²) in [5.74, 6) is 0.325. The minimum absolute atomic E-state index is 0. The van der Waals surface area contributed by atoms with Gasteiger partial charge in [0, 0.05) is 12.6 Å². The normalized spacial score (nSPS) is 28.0. The number of amides is 1. The van der Waals surface area contributed by atoms with Crippen molar-refractivity contribution in [1.29, 1.82) is 0 Å². The summed E-state index contributed by atoms with van der Waals surface area (Å²) in [7, 11) is -3.54. The molecule has 2 rings (SSSR count). The van der Waals surface area contributed by atoms with Crippen LogP contribution in [0.15, 0.2) is 0 Å². The highest BCUT2D eigenvalue weighted by Crippen LogP contribution is 2.33. The van der Waals surface area contributed by atoms with E-state index in [-0.39, 0.29) is 27.1 Å². The van der Waals surface area contributed by atoms with Crippen LogP contribution in [-0.2, 0) is 19.0 Å². The van der Waals surface area contributed by atoms with E-state index in [9.17, 15) is 13.2 Å². The molecule has 2 aliphatic rings. The second-order valence-electron chi connectivity index (χ2n) is 7.80. The minimum atomic E-state index is -3.54. The van der Waals surface area contributed by atoms with Gasteiger partial charge in [-0.05, 0) is 52.6 Å². The van der Waals surface area contributed by atoms with Crippen molar-refractivity contribution in [1.82, 2.24) is 9.80 Å². The van der Waals surface area contributed by atoms with Crippen molar-refractivity contribution in [3.8, 4) is 0 Å². The zero-order valence-electron chi connectivity index (χ0n) is 15.3. The van der Waals surface area contributed by atoms with Crippen molar-refractivity contribution in [2.45, 2.75) is 58.3 Å². The van der Waals surface area contributed by atoms with Gasteiger partial charge in [-0.2, -0.15) is 8.42 Å². The zero-order chi connectivity index (χ0) is 18.1. The molecule has 2 fully saturated rings. The van der Waals surface area contributed by atoms with Crippen molar-refractivity contribution < 1.29 is 22.1 Å². The second kappa shape index (κ2) is 8.27. The summed E-state index contributed by atoms with van der Waals surface area (Å²) >= 11 is 0. The Kier molecular flexibility index (Phi) is 7.36. The van der Waals surface area contributed by atoms with Crippen molar-refractivity contribution in [3.05, 3.63) is 0 Å². The molecule has 0 bridgehead atoms. The Balaban J connectivity index is 0.00000312. The highest BCUT2D eigenvalue weighted by atomic mass is 32.2. The molecule has 0 spiro atoms. The number of likely N-dealkylation sites (tertiary alicyclic amines) is 2. The quantitative estimate of drug-likeness (QED) is 0.525. The molecule has 2 heterocycles. The summed E-state index contributed by atoms with van der Waals surface area (Å²) in [6.07, 6.45) is 1.71. The van der Waals surface area contributed by atoms with E-state index in [2.05, 4.69) is 11.8 Å². The lowest BCUT2D eigenvalue weighted by Crippen LogP contribution is -2.44. The van der Waals surface area contributed by atoms with Crippen LogP contribution in [0.25, 0.3) is 0 Å². The first-order valence-electron chi connectivity index (χ1n) is 8.58. The van der Waals surface area contributed by atoms with Crippen LogP contribution in [0.2, 0.25) is 0 Å². The van der Waals surface area contributed by atoms with Crippen LogP contribution in [-0.4, -0.2) is 82.9 Å². The van der Waals surface area contributed by atoms with E-state index < -0.39 is 21.8 Å². The van der Waals surface area contributed by atoms with Gasteiger partial charge >= 0.3 is 6.09 Å². The van der Waals surface area contributed by atoms with Gasteiger partial charge < -0.3 is 14.5 Å². The molecule has 146 valence electrons. The lowest BCUT2D eigenvalue weighted by Gasteiger charge is -2.31. The Morgan fingerprint density at radius 3 is 2.36 bits per heavy atom. The van der Waals surface area contributed by atoms with Crippen LogP contribution in [0, 0.1) is 5.92 Å². The standard InChI is InChI=1S/C16H30N2O5S.BH3/c1-6-17-8-7-12(10-17)14-9-13(23-24(5,20)21)11-18(14)15(19)22-16(2,3)4;/h12-14H,6-11H2,1-5H3;1H3/t12?,13-,14+;/m1./s1. The average Bonchev–Trinajstić information content (AvgIpc) is 3.00. The highest BCUT2D eigenvalue weighted by Gasteiger charge is 2.44. The summed E-state index contributed by atoms with van der Waals surface area (Å²) in [5.41, 5.74) is -0.581. The van der Waals surface area contributed by atoms with Gasteiger partial charge in [0.05, 0.1) is 27.3 Å². The number of rotatable bonds is 4. The summed E-state index contributed by atoms with van der Waals surface area (Å²) < 4.78 is 33.6. The Labute approximate surface area is 153 Å². The van der Waals surface area contributed by atoms with E-state index in [1.54, 1.807) is 4.90 Å². The highest BCUT2D eigenvalue weighted by molar-refractivity contribution is 7.86. The van der Waals surface area contributed by atoms with Gasteiger partial charge in [0.15, 0.2) is 0 Å². The molecule has 1 amide bonds. The molecule has 2 saturated heterocycles. The van der Waals surface area contributed by atoms with E-state index in [1.807, 2.05) is 20.8 Å². The fourth-order valence-electron chi connectivity index (χ4n) is 3.58. The molecule has 0 N–H and O–H groups in total. The predicted molar refractivity (Wildman–Crippen MR) is 101 cm³/mol. The van der Waals surface area contributed by atoms with Crippen molar-refractivity contribution in [3.63, 3.8) is 0 Å². The topological polar surface area (TPSA) is 76.2 Å². The van der Waals surface area contributed by atoms with Gasteiger partial charge in [-0.25, -0.2) is 4.79 Å². The molecule has 0 radical (unpaired) electrons. The molecule has 0 aromatic rings.